The van der Waals surface area contributed by atoms with Crippen molar-refractivity contribution < 1.29 is 8.42 Å². The molecule has 0 atom stereocenters. The zero-order valence-corrected chi connectivity index (χ0v) is 10.2. The molecule has 0 amide bonds. The molecule has 0 spiro atoms. The third-order valence-electron chi connectivity index (χ3n) is 2.91. The van der Waals surface area contributed by atoms with E-state index in [0.29, 0.717) is 18.1 Å². The highest BCUT2D eigenvalue weighted by molar-refractivity contribution is 7.91. The summed E-state index contributed by atoms with van der Waals surface area (Å²) >= 11 is 0. The van der Waals surface area contributed by atoms with Gasteiger partial charge in [0.05, 0.1) is 11.5 Å². The van der Waals surface area contributed by atoms with Gasteiger partial charge < -0.3 is 9.88 Å². The van der Waals surface area contributed by atoms with Crippen LogP contribution in [0.2, 0.25) is 0 Å². The number of imidazole rings is 1. The fourth-order valence-electron chi connectivity index (χ4n) is 1.79. The molecule has 0 bridgehead atoms. The smallest absolute Gasteiger partial charge is 0.151 e. The van der Waals surface area contributed by atoms with Crippen LogP contribution in [0.1, 0.15) is 5.82 Å². The van der Waals surface area contributed by atoms with E-state index < -0.39 is 9.84 Å². The number of nitrogens with one attached hydrogen (secondary N) is 1. The van der Waals surface area contributed by atoms with Gasteiger partial charge >= 0.3 is 0 Å². The number of rotatable bonds is 5. The third kappa shape index (κ3) is 2.82. The molecule has 0 aliphatic carbocycles. The van der Waals surface area contributed by atoms with Crippen LogP contribution in [0.4, 0.5) is 0 Å². The van der Waals surface area contributed by atoms with Gasteiger partial charge in [0.15, 0.2) is 9.84 Å². The van der Waals surface area contributed by atoms with Gasteiger partial charge in [-0.2, -0.15) is 0 Å². The van der Waals surface area contributed by atoms with Gasteiger partial charge in [0.1, 0.15) is 5.82 Å². The lowest BCUT2D eigenvalue weighted by atomic mass is 10.1. The van der Waals surface area contributed by atoms with Gasteiger partial charge in [0, 0.05) is 39.0 Å². The monoisotopic (exact) mass is 243 g/mol. The highest BCUT2D eigenvalue weighted by Gasteiger charge is 2.24. The van der Waals surface area contributed by atoms with Crippen LogP contribution < -0.4 is 5.32 Å². The van der Waals surface area contributed by atoms with Crippen molar-refractivity contribution in [2.75, 3.05) is 24.6 Å². The highest BCUT2D eigenvalue weighted by Crippen LogP contribution is 2.09. The normalized spacial score (nSPS) is 17.3. The maximum absolute atomic E-state index is 11.8. The van der Waals surface area contributed by atoms with Gasteiger partial charge in [-0.25, -0.2) is 13.4 Å². The predicted molar refractivity (Wildman–Crippen MR) is 61.9 cm³/mol. The maximum atomic E-state index is 11.8. The number of hydrogen-bond donors (Lipinski definition) is 1. The Morgan fingerprint density at radius 1 is 1.56 bits per heavy atom. The Hall–Kier alpha value is -0.880. The SMILES string of the molecule is Cn1ccnc1CCS(=O)(=O)CC1CNC1. The lowest BCUT2D eigenvalue weighted by Gasteiger charge is -2.26. The molecule has 6 heteroatoms. The largest absolute Gasteiger partial charge is 0.338 e. The Labute approximate surface area is 95.8 Å². The fraction of sp³-hybridized carbons (Fsp3) is 0.700. The summed E-state index contributed by atoms with van der Waals surface area (Å²) in [7, 11) is -1.05. The second kappa shape index (κ2) is 4.55. The van der Waals surface area contributed by atoms with Crippen molar-refractivity contribution in [3.63, 3.8) is 0 Å². The van der Waals surface area contributed by atoms with Crippen LogP contribution in [0.5, 0.6) is 0 Å². The predicted octanol–water partition coefficient (Wildman–Crippen LogP) is -0.403. The minimum absolute atomic E-state index is 0.203. The first-order valence-corrected chi connectivity index (χ1v) is 7.26. The molecule has 2 heterocycles. The first-order chi connectivity index (χ1) is 7.57. The van der Waals surface area contributed by atoms with Gasteiger partial charge in [-0.15, -0.1) is 0 Å². The molecule has 5 nitrogen and oxygen atoms in total. The van der Waals surface area contributed by atoms with Gasteiger partial charge in [-0.05, 0) is 5.92 Å². The van der Waals surface area contributed by atoms with Crippen LogP contribution in [0.15, 0.2) is 12.4 Å². The zero-order valence-electron chi connectivity index (χ0n) is 9.39. The summed E-state index contributed by atoms with van der Waals surface area (Å²) in [5.74, 6) is 1.65. The lowest BCUT2D eigenvalue weighted by molar-refractivity contribution is 0.378. The molecule has 2 rings (SSSR count). The molecule has 90 valence electrons. The molecule has 1 saturated heterocycles. The van der Waals surface area contributed by atoms with Crippen LogP contribution in [-0.4, -0.2) is 42.6 Å². The molecular formula is C10H17N3O2S. The molecule has 1 aliphatic heterocycles. The zero-order chi connectivity index (χ0) is 11.6. The summed E-state index contributed by atoms with van der Waals surface area (Å²) in [4.78, 5) is 4.12. The van der Waals surface area contributed by atoms with E-state index in [9.17, 15) is 8.42 Å². The molecule has 0 aromatic carbocycles. The van der Waals surface area contributed by atoms with Gasteiger partial charge in [0.25, 0.3) is 0 Å². The summed E-state index contributed by atoms with van der Waals surface area (Å²) in [6.07, 6.45) is 4.03. The Morgan fingerprint density at radius 2 is 2.31 bits per heavy atom. The molecule has 1 N–H and O–H groups in total. The molecule has 0 radical (unpaired) electrons. The van der Waals surface area contributed by atoms with Crippen LogP contribution in [-0.2, 0) is 23.3 Å². The van der Waals surface area contributed by atoms with E-state index in [1.54, 1.807) is 6.20 Å². The topological polar surface area (TPSA) is 64.0 Å². The Bertz CT molecular complexity index is 448. The average Bonchev–Trinajstić information content (AvgIpc) is 2.55. The van der Waals surface area contributed by atoms with Crippen LogP contribution >= 0.6 is 0 Å². The molecule has 0 unspecified atom stereocenters. The molecular weight excluding hydrogens is 226 g/mol. The number of aryl methyl sites for hydroxylation is 2. The minimum Gasteiger partial charge on any atom is -0.338 e. The van der Waals surface area contributed by atoms with Crippen molar-refractivity contribution in [1.82, 2.24) is 14.9 Å². The van der Waals surface area contributed by atoms with Crippen molar-refractivity contribution in [2.24, 2.45) is 13.0 Å². The maximum Gasteiger partial charge on any atom is 0.151 e. The average molecular weight is 243 g/mol. The van der Waals surface area contributed by atoms with Crippen molar-refractivity contribution in [3.8, 4) is 0 Å². The first kappa shape index (κ1) is 11.6. The van der Waals surface area contributed by atoms with E-state index >= 15 is 0 Å². The highest BCUT2D eigenvalue weighted by atomic mass is 32.2. The van der Waals surface area contributed by atoms with Crippen LogP contribution in [0.3, 0.4) is 0 Å². The quantitative estimate of drug-likeness (QED) is 0.764. The molecule has 1 aromatic rings. The van der Waals surface area contributed by atoms with Gasteiger partial charge in [-0.3, -0.25) is 0 Å². The number of sulfone groups is 1. The van der Waals surface area contributed by atoms with E-state index in [1.807, 2.05) is 17.8 Å². The van der Waals surface area contributed by atoms with Crippen molar-refractivity contribution in [3.05, 3.63) is 18.2 Å². The molecule has 1 fully saturated rings. The summed E-state index contributed by atoms with van der Waals surface area (Å²) < 4.78 is 25.4. The summed E-state index contributed by atoms with van der Waals surface area (Å²) in [6.45, 7) is 1.67. The number of hydrogen-bond acceptors (Lipinski definition) is 4. The third-order valence-corrected chi connectivity index (χ3v) is 4.72. The minimum atomic E-state index is -2.93. The summed E-state index contributed by atoms with van der Waals surface area (Å²) in [5.41, 5.74) is 0. The molecule has 16 heavy (non-hydrogen) atoms. The lowest BCUT2D eigenvalue weighted by Crippen LogP contribution is -2.45. The van der Waals surface area contributed by atoms with Crippen molar-refractivity contribution in [1.29, 1.82) is 0 Å². The molecule has 0 saturated carbocycles. The summed E-state index contributed by atoms with van der Waals surface area (Å²) in [5, 5.41) is 3.08. The van der Waals surface area contributed by atoms with E-state index in [2.05, 4.69) is 10.3 Å². The van der Waals surface area contributed by atoms with Gasteiger partial charge in [0.2, 0.25) is 0 Å². The summed E-state index contributed by atoms with van der Waals surface area (Å²) in [6, 6.07) is 0. The Kier molecular flexibility index (Phi) is 3.30. The first-order valence-electron chi connectivity index (χ1n) is 5.44. The number of nitrogens with zero attached hydrogens (tertiary/aromatic N) is 2. The van der Waals surface area contributed by atoms with Crippen molar-refractivity contribution >= 4 is 9.84 Å². The molecule has 1 aromatic heterocycles. The fourth-order valence-corrected chi connectivity index (χ4v) is 3.41. The number of aromatic nitrogens is 2. The second-order valence-corrected chi connectivity index (χ2v) is 6.57. The van der Waals surface area contributed by atoms with Crippen LogP contribution in [0, 0.1) is 5.92 Å². The van der Waals surface area contributed by atoms with Crippen LogP contribution in [0.25, 0.3) is 0 Å². The van der Waals surface area contributed by atoms with Gasteiger partial charge in [-0.1, -0.05) is 0 Å². The van der Waals surface area contributed by atoms with E-state index in [4.69, 9.17) is 0 Å². The van der Waals surface area contributed by atoms with Crippen molar-refractivity contribution in [2.45, 2.75) is 6.42 Å². The second-order valence-electron chi connectivity index (χ2n) is 4.34. The van der Waals surface area contributed by atoms with E-state index in [0.717, 1.165) is 18.9 Å². The Morgan fingerprint density at radius 3 is 2.81 bits per heavy atom. The van der Waals surface area contributed by atoms with E-state index in [-0.39, 0.29) is 5.75 Å². The van der Waals surface area contributed by atoms with E-state index in [1.165, 1.54) is 0 Å². The Balaban J connectivity index is 1.86. The standard InChI is InChI=1S/C10H17N3O2S/c1-13-4-3-12-10(13)2-5-16(14,15)8-9-6-11-7-9/h3-4,9,11H,2,5-8H2,1H3. The molecule has 1 aliphatic rings.